The molecule has 4 nitrogen and oxygen atoms in total. The second-order valence-electron chi connectivity index (χ2n) is 5.16. The normalized spacial score (nSPS) is 33.0. The number of hydrogen-bond donors (Lipinski definition) is 1. The predicted octanol–water partition coefficient (Wildman–Crippen LogP) is 1.55. The molecule has 1 aromatic carbocycles. The lowest BCUT2D eigenvalue weighted by Gasteiger charge is -2.30. The van der Waals surface area contributed by atoms with Gasteiger partial charge in [-0.25, -0.2) is 0 Å². The summed E-state index contributed by atoms with van der Waals surface area (Å²) in [6.07, 6.45) is 0.170. The van der Waals surface area contributed by atoms with E-state index in [-0.39, 0.29) is 22.7 Å². The van der Waals surface area contributed by atoms with Crippen molar-refractivity contribution in [2.24, 2.45) is 5.92 Å². The van der Waals surface area contributed by atoms with E-state index in [2.05, 4.69) is 15.9 Å². The Kier molecular flexibility index (Phi) is 3.27. The minimum atomic E-state index is -0.412. The van der Waals surface area contributed by atoms with Crippen molar-refractivity contribution < 1.29 is 14.6 Å². The number of benzene rings is 1. The van der Waals surface area contributed by atoms with Crippen LogP contribution in [-0.4, -0.2) is 40.0 Å². The van der Waals surface area contributed by atoms with E-state index in [0.29, 0.717) is 13.0 Å². The lowest BCUT2D eigenvalue weighted by Crippen LogP contribution is -2.44. The van der Waals surface area contributed by atoms with E-state index < -0.39 is 6.10 Å². The Hall–Kier alpha value is -1.07. The van der Waals surface area contributed by atoms with Gasteiger partial charge in [-0.15, -0.1) is 0 Å². The number of ether oxygens (including phenoxy) is 1. The van der Waals surface area contributed by atoms with Crippen LogP contribution >= 0.6 is 15.9 Å². The maximum absolute atomic E-state index is 12.2. The minimum absolute atomic E-state index is 0.0711. The van der Waals surface area contributed by atoms with Crippen LogP contribution in [0.15, 0.2) is 24.3 Å². The first-order valence-corrected chi connectivity index (χ1v) is 7.29. The number of nitrogens with zero attached hydrogens (tertiary/aromatic N) is 1. The quantitative estimate of drug-likeness (QED) is 0.858. The van der Waals surface area contributed by atoms with Gasteiger partial charge >= 0.3 is 0 Å². The van der Waals surface area contributed by atoms with Gasteiger partial charge in [-0.2, -0.15) is 0 Å². The monoisotopic (exact) mass is 325 g/mol. The zero-order chi connectivity index (χ0) is 13.6. The average Bonchev–Trinajstić information content (AvgIpc) is 2.82. The Labute approximate surface area is 120 Å². The molecule has 19 heavy (non-hydrogen) atoms. The first-order valence-electron chi connectivity index (χ1n) is 6.37. The summed E-state index contributed by atoms with van der Waals surface area (Å²) in [6.45, 7) is 0.545. The second kappa shape index (κ2) is 4.80. The first kappa shape index (κ1) is 12.9. The highest BCUT2D eigenvalue weighted by Crippen LogP contribution is 2.44. The topological polar surface area (TPSA) is 49.8 Å². The molecule has 2 bridgehead atoms. The fourth-order valence-electron chi connectivity index (χ4n) is 3.07. The molecule has 1 aliphatic heterocycles. The van der Waals surface area contributed by atoms with E-state index in [4.69, 9.17) is 4.74 Å². The van der Waals surface area contributed by atoms with Crippen LogP contribution in [0.25, 0.3) is 0 Å². The van der Waals surface area contributed by atoms with Crippen molar-refractivity contribution in [3.05, 3.63) is 29.8 Å². The standard InChI is InChI=1S/C14H16BrNO3/c1-19-9-4-2-8(3-5-9)7-16-13-11(17)6-10(12(13)15)14(16)18/h2-5,10-13,17H,6-7H2,1H3. The van der Waals surface area contributed by atoms with E-state index in [1.54, 1.807) is 12.0 Å². The van der Waals surface area contributed by atoms with Gasteiger partial charge in [-0.3, -0.25) is 4.79 Å². The molecule has 102 valence electrons. The van der Waals surface area contributed by atoms with Crippen molar-refractivity contribution >= 4 is 21.8 Å². The molecule has 1 aromatic rings. The third kappa shape index (κ3) is 2.05. The molecule has 1 saturated heterocycles. The fourth-order valence-corrected chi connectivity index (χ4v) is 4.15. The second-order valence-corrected chi connectivity index (χ2v) is 6.22. The SMILES string of the molecule is COc1ccc(CN2C(=O)C3CC(O)C2C3Br)cc1. The van der Waals surface area contributed by atoms with E-state index in [9.17, 15) is 9.90 Å². The van der Waals surface area contributed by atoms with E-state index in [1.807, 2.05) is 24.3 Å². The summed E-state index contributed by atoms with van der Waals surface area (Å²) >= 11 is 3.55. The molecule has 0 aromatic heterocycles. The lowest BCUT2D eigenvalue weighted by molar-refractivity contribution is -0.138. The number of piperidine rings is 1. The van der Waals surface area contributed by atoms with Gasteiger partial charge in [0.05, 0.1) is 25.2 Å². The molecule has 5 heteroatoms. The number of halogens is 1. The number of aliphatic hydroxyl groups excluding tert-OH is 1. The molecule has 4 unspecified atom stereocenters. The summed E-state index contributed by atoms with van der Waals surface area (Å²) in [6, 6.07) is 7.58. The molecule has 2 aliphatic rings. The zero-order valence-corrected chi connectivity index (χ0v) is 12.2. The van der Waals surface area contributed by atoms with Crippen LogP contribution in [0.3, 0.4) is 0 Å². The smallest absolute Gasteiger partial charge is 0.227 e. The Morgan fingerprint density at radius 3 is 2.68 bits per heavy atom. The maximum Gasteiger partial charge on any atom is 0.227 e. The van der Waals surface area contributed by atoms with Gasteiger partial charge < -0.3 is 14.7 Å². The molecular formula is C14H16BrNO3. The fraction of sp³-hybridized carbons (Fsp3) is 0.500. The molecule has 1 aliphatic carbocycles. The maximum atomic E-state index is 12.2. The Morgan fingerprint density at radius 1 is 1.42 bits per heavy atom. The van der Waals surface area contributed by atoms with Crippen LogP contribution in [-0.2, 0) is 11.3 Å². The molecule has 1 saturated carbocycles. The van der Waals surface area contributed by atoms with Crippen molar-refractivity contribution in [2.45, 2.75) is 29.9 Å². The molecule has 1 amide bonds. The lowest BCUT2D eigenvalue weighted by atomic mass is 10.1. The van der Waals surface area contributed by atoms with Gasteiger partial charge in [0.25, 0.3) is 0 Å². The van der Waals surface area contributed by atoms with Crippen molar-refractivity contribution in [1.82, 2.24) is 4.90 Å². The van der Waals surface area contributed by atoms with E-state index >= 15 is 0 Å². The Balaban J connectivity index is 1.77. The zero-order valence-electron chi connectivity index (χ0n) is 10.6. The van der Waals surface area contributed by atoms with Crippen molar-refractivity contribution in [3.63, 3.8) is 0 Å². The number of fused-ring (bicyclic) bond motifs is 2. The first-order chi connectivity index (χ1) is 9.11. The minimum Gasteiger partial charge on any atom is -0.497 e. The van der Waals surface area contributed by atoms with Crippen molar-refractivity contribution in [3.8, 4) is 5.75 Å². The largest absolute Gasteiger partial charge is 0.497 e. The van der Waals surface area contributed by atoms with Crippen LogP contribution < -0.4 is 4.74 Å². The number of aliphatic hydroxyl groups is 1. The number of carbonyl (C=O) groups excluding carboxylic acids is 1. The summed E-state index contributed by atoms with van der Waals surface area (Å²) in [5, 5.41) is 9.99. The van der Waals surface area contributed by atoms with Gasteiger partial charge in [0.1, 0.15) is 5.75 Å². The highest BCUT2D eigenvalue weighted by molar-refractivity contribution is 9.09. The number of hydrogen-bond acceptors (Lipinski definition) is 3. The van der Waals surface area contributed by atoms with Crippen LogP contribution in [0.4, 0.5) is 0 Å². The Morgan fingerprint density at radius 2 is 2.11 bits per heavy atom. The van der Waals surface area contributed by atoms with Crippen LogP contribution in [0.1, 0.15) is 12.0 Å². The van der Waals surface area contributed by atoms with Gasteiger partial charge in [0.2, 0.25) is 5.91 Å². The van der Waals surface area contributed by atoms with Crippen molar-refractivity contribution in [1.29, 1.82) is 0 Å². The third-order valence-corrected chi connectivity index (χ3v) is 5.25. The predicted molar refractivity (Wildman–Crippen MR) is 74.2 cm³/mol. The summed E-state index contributed by atoms with van der Waals surface area (Å²) in [5.74, 6) is 0.877. The van der Waals surface area contributed by atoms with Gasteiger partial charge in [-0.1, -0.05) is 28.1 Å². The molecular weight excluding hydrogens is 310 g/mol. The summed E-state index contributed by atoms with van der Waals surface area (Å²) in [5.41, 5.74) is 1.05. The molecule has 4 atom stereocenters. The molecule has 0 spiro atoms. The molecule has 0 radical (unpaired) electrons. The van der Waals surface area contributed by atoms with Crippen molar-refractivity contribution in [2.75, 3.05) is 7.11 Å². The number of carbonyl (C=O) groups is 1. The molecule has 1 N–H and O–H groups in total. The summed E-state index contributed by atoms with van der Waals surface area (Å²) in [7, 11) is 1.63. The number of methoxy groups -OCH3 is 1. The molecule has 2 fully saturated rings. The number of amides is 1. The van der Waals surface area contributed by atoms with E-state index in [0.717, 1.165) is 11.3 Å². The number of likely N-dealkylation sites (tertiary alicyclic amines) is 1. The van der Waals surface area contributed by atoms with Gasteiger partial charge in [0, 0.05) is 11.4 Å². The number of rotatable bonds is 3. The van der Waals surface area contributed by atoms with Gasteiger partial charge in [-0.05, 0) is 24.1 Å². The van der Waals surface area contributed by atoms with Crippen LogP contribution in [0.5, 0.6) is 5.75 Å². The third-order valence-electron chi connectivity index (χ3n) is 4.07. The van der Waals surface area contributed by atoms with Crippen LogP contribution in [0.2, 0.25) is 0 Å². The molecule has 1 heterocycles. The summed E-state index contributed by atoms with van der Waals surface area (Å²) in [4.78, 5) is 14.1. The highest BCUT2D eigenvalue weighted by Gasteiger charge is 2.56. The van der Waals surface area contributed by atoms with E-state index in [1.165, 1.54) is 0 Å². The van der Waals surface area contributed by atoms with Crippen LogP contribution in [0, 0.1) is 5.92 Å². The number of alkyl halides is 1. The average molecular weight is 326 g/mol. The molecule has 3 rings (SSSR count). The summed E-state index contributed by atoms with van der Waals surface area (Å²) < 4.78 is 5.12. The Bertz CT molecular complexity index is 490. The highest BCUT2D eigenvalue weighted by atomic mass is 79.9. The van der Waals surface area contributed by atoms with Gasteiger partial charge in [0.15, 0.2) is 0 Å².